The molecule has 2 aromatic heterocycles. The fraction of sp³-hybridized carbons (Fsp3) is 0.357. The summed E-state index contributed by atoms with van der Waals surface area (Å²) in [7, 11) is 0. The zero-order valence-electron chi connectivity index (χ0n) is 11.0. The molecule has 0 amide bonds. The van der Waals surface area contributed by atoms with Gasteiger partial charge in [0.05, 0.1) is 6.61 Å². The lowest BCUT2D eigenvalue weighted by molar-refractivity contribution is 0.299. The number of anilines is 1. The number of ether oxygens (including phenoxy) is 1. The van der Waals surface area contributed by atoms with Crippen LogP contribution in [0.15, 0.2) is 36.9 Å². The van der Waals surface area contributed by atoms with E-state index in [2.05, 4.69) is 20.3 Å². The fourth-order valence-electron chi connectivity index (χ4n) is 1.70. The zero-order chi connectivity index (χ0) is 13.3. The standard InChI is InChI=1S/C14H18N4O/c1-2-16-13-10-14(18-11-17-13)19-9-3-4-12-5-7-15-8-6-12/h5-8,10-11H,2-4,9H2,1H3,(H,16,17,18). The quantitative estimate of drug-likeness (QED) is 0.772. The molecule has 5 heteroatoms. The monoisotopic (exact) mass is 258 g/mol. The highest BCUT2D eigenvalue weighted by Crippen LogP contribution is 2.11. The minimum absolute atomic E-state index is 0.612. The average Bonchev–Trinajstić information content (AvgIpc) is 2.46. The molecule has 0 radical (unpaired) electrons. The van der Waals surface area contributed by atoms with Crippen molar-refractivity contribution in [2.24, 2.45) is 0 Å². The number of aryl methyl sites for hydroxylation is 1. The first-order chi connectivity index (χ1) is 9.38. The SMILES string of the molecule is CCNc1cc(OCCCc2ccncc2)ncn1. The predicted molar refractivity (Wildman–Crippen MR) is 74.2 cm³/mol. The summed E-state index contributed by atoms with van der Waals surface area (Å²) in [6, 6.07) is 5.86. The number of pyridine rings is 1. The highest BCUT2D eigenvalue weighted by molar-refractivity contribution is 5.36. The van der Waals surface area contributed by atoms with Crippen molar-refractivity contribution in [3.63, 3.8) is 0 Å². The molecule has 0 saturated carbocycles. The largest absolute Gasteiger partial charge is 0.478 e. The number of nitrogens with zero attached hydrogens (tertiary/aromatic N) is 3. The first-order valence-electron chi connectivity index (χ1n) is 6.46. The number of hydrogen-bond donors (Lipinski definition) is 1. The number of aromatic nitrogens is 3. The highest BCUT2D eigenvalue weighted by atomic mass is 16.5. The summed E-state index contributed by atoms with van der Waals surface area (Å²) in [6.07, 6.45) is 7.06. The van der Waals surface area contributed by atoms with Gasteiger partial charge in [-0.3, -0.25) is 4.98 Å². The Morgan fingerprint density at radius 2 is 2.05 bits per heavy atom. The third-order valence-electron chi connectivity index (χ3n) is 2.61. The van der Waals surface area contributed by atoms with Gasteiger partial charge in [-0.05, 0) is 37.5 Å². The summed E-state index contributed by atoms with van der Waals surface area (Å²) in [6.45, 7) is 3.50. The van der Waals surface area contributed by atoms with Gasteiger partial charge in [0.1, 0.15) is 12.1 Å². The van der Waals surface area contributed by atoms with Crippen LogP contribution < -0.4 is 10.1 Å². The van der Waals surface area contributed by atoms with E-state index in [0.717, 1.165) is 25.2 Å². The Balaban J connectivity index is 1.75. The van der Waals surface area contributed by atoms with Crippen molar-refractivity contribution in [1.82, 2.24) is 15.0 Å². The summed E-state index contributed by atoms with van der Waals surface area (Å²) < 4.78 is 5.61. The van der Waals surface area contributed by atoms with E-state index in [-0.39, 0.29) is 0 Å². The molecule has 2 heterocycles. The molecule has 0 aliphatic heterocycles. The maximum Gasteiger partial charge on any atom is 0.218 e. The molecule has 2 aromatic rings. The van der Waals surface area contributed by atoms with Gasteiger partial charge in [-0.2, -0.15) is 0 Å². The first-order valence-corrected chi connectivity index (χ1v) is 6.46. The molecule has 0 fully saturated rings. The second kappa shape index (κ2) is 7.31. The van der Waals surface area contributed by atoms with Crippen LogP contribution in [-0.2, 0) is 6.42 Å². The van der Waals surface area contributed by atoms with Crippen LogP contribution in [0, 0.1) is 0 Å². The Kier molecular flexibility index (Phi) is 5.10. The zero-order valence-corrected chi connectivity index (χ0v) is 11.0. The van der Waals surface area contributed by atoms with Crippen LogP contribution in [-0.4, -0.2) is 28.1 Å². The minimum atomic E-state index is 0.612. The molecule has 0 unspecified atom stereocenters. The van der Waals surface area contributed by atoms with Crippen molar-refractivity contribution >= 4 is 5.82 Å². The molecule has 0 spiro atoms. The van der Waals surface area contributed by atoms with E-state index in [4.69, 9.17) is 4.74 Å². The van der Waals surface area contributed by atoms with Crippen LogP contribution in [0.4, 0.5) is 5.82 Å². The van der Waals surface area contributed by atoms with Crippen LogP contribution in [0.1, 0.15) is 18.9 Å². The van der Waals surface area contributed by atoms with E-state index in [1.54, 1.807) is 0 Å². The predicted octanol–water partition coefficient (Wildman–Crippen LogP) is 2.32. The molecule has 0 bridgehead atoms. The number of hydrogen-bond acceptors (Lipinski definition) is 5. The smallest absolute Gasteiger partial charge is 0.218 e. The maximum atomic E-state index is 5.61. The second-order valence-corrected chi connectivity index (χ2v) is 4.08. The van der Waals surface area contributed by atoms with Crippen LogP contribution in [0.3, 0.4) is 0 Å². The lowest BCUT2D eigenvalue weighted by atomic mass is 10.1. The second-order valence-electron chi connectivity index (χ2n) is 4.08. The average molecular weight is 258 g/mol. The molecule has 2 rings (SSSR count). The van der Waals surface area contributed by atoms with Crippen molar-refractivity contribution in [1.29, 1.82) is 0 Å². The third-order valence-corrected chi connectivity index (χ3v) is 2.61. The van der Waals surface area contributed by atoms with Crippen molar-refractivity contribution in [2.75, 3.05) is 18.5 Å². The molecular weight excluding hydrogens is 240 g/mol. The van der Waals surface area contributed by atoms with Gasteiger partial charge in [-0.25, -0.2) is 9.97 Å². The van der Waals surface area contributed by atoms with Gasteiger partial charge in [-0.15, -0.1) is 0 Å². The van der Waals surface area contributed by atoms with E-state index in [9.17, 15) is 0 Å². The van der Waals surface area contributed by atoms with Crippen molar-refractivity contribution < 1.29 is 4.74 Å². The maximum absolute atomic E-state index is 5.61. The van der Waals surface area contributed by atoms with E-state index in [0.29, 0.717) is 12.5 Å². The minimum Gasteiger partial charge on any atom is -0.478 e. The normalized spacial score (nSPS) is 10.2. The molecule has 0 aliphatic rings. The Bertz CT molecular complexity index is 490. The lowest BCUT2D eigenvalue weighted by Gasteiger charge is -2.07. The molecule has 19 heavy (non-hydrogen) atoms. The van der Waals surface area contributed by atoms with Crippen LogP contribution in [0.25, 0.3) is 0 Å². The van der Waals surface area contributed by atoms with E-state index < -0.39 is 0 Å². The summed E-state index contributed by atoms with van der Waals surface area (Å²) in [5, 5.41) is 3.13. The molecule has 1 N–H and O–H groups in total. The summed E-state index contributed by atoms with van der Waals surface area (Å²) in [4.78, 5) is 12.2. The van der Waals surface area contributed by atoms with Gasteiger partial charge < -0.3 is 10.1 Å². The van der Waals surface area contributed by atoms with Gasteiger partial charge in [0, 0.05) is 25.0 Å². The lowest BCUT2D eigenvalue weighted by Crippen LogP contribution is -2.04. The summed E-state index contributed by atoms with van der Waals surface area (Å²) >= 11 is 0. The van der Waals surface area contributed by atoms with Crippen molar-refractivity contribution in [2.45, 2.75) is 19.8 Å². The van der Waals surface area contributed by atoms with Gasteiger partial charge in [0.15, 0.2) is 0 Å². The van der Waals surface area contributed by atoms with E-state index in [1.807, 2.05) is 37.5 Å². The third kappa shape index (κ3) is 4.54. The van der Waals surface area contributed by atoms with Gasteiger partial charge >= 0.3 is 0 Å². The van der Waals surface area contributed by atoms with Gasteiger partial charge in [0.25, 0.3) is 0 Å². The Labute approximate surface area is 113 Å². The summed E-state index contributed by atoms with van der Waals surface area (Å²) in [5.41, 5.74) is 1.27. The van der Waals surface area contributed by atoms with Crippen molar-refractivity contribution in [3.05, 3.63) is 42.5 Å². The molecule has 0 saturated heterocycles. The Morgan fingerprint density at radius 1 is 1.21 bits per heavy atom. The molecule has 0 aromatic carbocycles. The fourth-order valence-corrected chi connectivity index (χ4v) is 1.70. The van der Waals surface area contributed by atoms with Crippen molar-refractivity contribution in [3.8, 4) is 5.88 Å². The first kappa shape index (κ1) is 13.3. The van der Waals surface area contributed by atoms with E-state index in [1.165, 1.54) is 11.9 Å². The number of rotatable bonds is 7. The van der Waals surface area contributed by atoms with E-state index >= 15 is 0 Å². The molecule has 100 valence electrons. The summed E-state index contributed by atoms with van der Waals surface area (Å²) in [5.74, 6) is 1.40. The van der Waals surface area contributed by atoms with Gasteiger partial charge in [-0.1, -0.05) is 0 Å². The Morgan fingerprint density at radius 3 is 2.84 bits per heavy atom. The highest BCUT2D eigenvalue weighted by Gasteiger charge is 1.99. The molecule has 5 nitrogen and oxygen atoms in total. The topological polar surface area (TPSA) is 59.9 Å². The molecule has 0 atom stereocenters. The van der Waals surface area contributed by atoms with Gasteiger partial charge in [0.2, 0.25) is 5.88 Å². The Hall–Kier alpha value is -2.17. The number of nitrogens with one attached hydrogen (secondary N) is 1. The molecular formula is C14H18N4O. The van der Waals surface area contributed by atoms with Crippen LogP contribution in [0.5, 0.6) is 5.88 Å². The van der Waals surface area contributed by atoms with Crippen LogP contribution in [0.2, 0.25) is 0 Å². The molecule has 0 aliphatic carbocycles. The van der Waals surface area contributed by atoms with Crippen LogP contribution >= 0.6 is 0 Å².